The molecule has 7 heteroatoms. The van der Waals surface area contributed by atoms with E-state index in [1.165, 1.54) is 12.3 Å². The van der Waals surface area contributed by atoms with Crippen molar-refractivity contribution in [2.24, 2.45) is 0 Å². The number of carbonyl (C=O) groups excluding carboxylic acids is 1. The number of carboxylic acids is 1. The molecule has 0 aliphatic carbocycles. The van der Waals surface area contributed by atoms with E-state index in [2.05, 4.69) is 16.9 Å². The first kappa shape index (κ1) is 13.0. The van der Waals surface area contributed by atoms with Gasteiger partial charge in [0, 0.05) is 22.5 Å². The highest BCUT2D eigenvalue weighted by Gasteiger charge is 2.19. The lowest BCUT2D eigenvalue weighted by Crippen LogP contribution is -2.15. The number of rotatable bonds is 4. The molecule has 2 N–H and O–H groups in total. The number of amides is 1. The Hall–Kier alpha value is -2.41. The lowest BCUT2D eigenvalue weighted by Gasteiger charge is -2.05. The molecule has 0 aliphatic rings. The van der Waals surface area contributed by atoms with Crippen LogP contribution in [0, 0.1) is 0 Å². The minimum Gasteiger partial charge on any atom is -0.477 e. The number of hydrogen-bond acceptors (Lipinski definition) is 5. The topological polar surface area (TPSA) is 88.5 Å². The van der Waals surface area contributed by atoms with Crippen LogP contribution in [0.1, 0.15) is 9.67 Å². The smallest absolute Gasteiger partial charge is 0.412 e. The number of aromatic carboxylic acids is 1. The van der Waals surface area contributed by atoms with E-state index >= 15 is 0 Å². The third-order valence-corrected chi connectivity index (χ3v) is 3.40. The summed E-state index contributed by atoms with van der Waals surface area (Å²) < 4.78 is 5.50. The van der Waals surface area contributed by atoms with Crippen molar-refractivity contribution < 1.29 is 19.4 Å². The van der Waals surface area contributed by atoms with Crippen LogP contribution in [-0.4, -0.2) is 28.8 Å². The molecule has 98 valence electrons. The predicted molar refractivity (Wildman–Crippen MR) is 71.7 cm³/mol. The van der Waals surface area contributed by atoms with Gasteiger partial charge in [-0.05, 0) is 6.07 Å². The van der Waals surface area contributed by atoms with Crippen LogP contribution >= 0.6 is 11.3 Å². The molecule has 0 aromatic carbocycles. The molecule has 0 unspecified atom stereocenters. The van der Waals surface area contributed by atoms with Crippen molar-refractivity contribution in [2.75, 3.05) is 11.9 Å². The van der Waals surface area contributed by atoms with E-state index in [-0.39, 0.29) is 17.2 Å². The van der Waals surface area contributed by atoms with Gasteiger partial charge in [-0.1, -0.05) is 12.7 Å². The van der Waals surface area contributed by atoms with Gasteiger partial charge in [0.05, 0.1) is 5.69 Å². The third-order valence-electron chi connectivity index (χ3n) is 2.24. The van der Waals surface area contributed by atoms with Gasteiger partial charge in [0.15, 0.2) is 0 Å². The number of carboxylic acid groups (broad SMARTS) is 1. The molecule has 0 spiro atoms. The molecule has 0 bridgehead atoms. The zero-order valence-electron chi connectivity index (χ0n) is 9.75. The fourth-order valence-corrected chi connectivity index (χ4v) is 2.45. The van der Waals surface area contributed by atoms with Crippen molar-refractivity contribution in [1.29, 1.82) is 0 Å². The summed E-state index contributed by atoms with van der Waals surface area (Å²) in [6, 6.07) is 1.69. The number of nitrogens with zero attached hydrogens (tertiary/aromatic N) is 1. The number of fused-ring (bicyclic) bond motifs is 1. The molecular weight excluding hydrogens is 268 g/mol. The number of hydrogen-bond donors (Lipinski definition) is 2. The highest BCUT2D eigenvalue weighted by molar-refractivity contribution is 7.21. The molecule has 0 radical (unpaired) electrons. The van der Waals surface area contributed by atoms with Crippen LogP contribution in [0.4, 0.5) is 10.5 Å². The predicted octanol–water partition coefficient (Wildman–Crippen LogP) is 2.73. The van der Waals surface area contributed by atoms with E-state index < -0.39 is 12.1 Å². The third kappa shape index (κ3) is 2.71. The number of thiophene rings is 1. The van der Waals surface area contributed by atoms with Gasteiger partial charge < -0.3 is 9.84 Å². The van der Waals surface area contributed by atoms with Gasteiger partial charge >= 0.3 is 12.1 Å². The average molecular weight is 278 g/mol. The summed E-state index contributed by atoms with van der Waals surface area (Å²) in [6.07, 6.45) is 3.75. The van der Waals surface area contributed by atoms with Gasteiger partial charge in [-0.25, -0.2) is 9.59 Å². The average Bonchev–Trinajstić information content (AvgIpc) is 2.76. The number of ether oxygens (including phenoxy) is 1. The molecule has 0 saturated heterocycles. The normalized spacial score (nSPS) is 10.1. The summed E-state index contributed by atoms with van der Waals surface area (Å²) in [6.45, 7) is 3.47. The highest BCUT2D eigenvalue weighted by atomic mass is 32.1. The second kappa shape index (κ2) is 5.49. The molecule has 2 aromatic heterocycles. The first-order chi connectivity index (χ1) is 9.13. The molecular formula is C12H10N2O4S. The number of aromatic nitrogens is 1. The fraction of sp³-hybridized carbons (Fsp3) is 0.0833. The molecule has 2 rings (SSSR count). The quantitative estimate of drug-likeness (QED) is 0.839. The second-order valence-electron chi connectivity index (χ2n) is 3.50. The molecule has 0 fully saturated rings. The van der Waals surface area contributed by atoms with Crippen molar-refractivity contribution in [2.45, 2.75) is 0 Å². The standard InChI is InChI=1S/C12H10N2O4S/c1-2-5-18-12(17)14-9-7-6-13-4-3-8(7)19-10(9)11(15)16/h2-4,6H,1,5H2,(H,14,17)(H,15,16). The number of pyridine rings is 1. The van der Waals surface area contributed by atoms with Crippen molar-refractivity contribution in [3.05, 3.63) is 36.0 Å². The molecule has 0 aliphatic heterocycles. The monoisotopic (exact) mass is 278 g/mol. The van der Waals surface area contributed by atoms with Crippen LogP contribution in [0.5, 0.6) is 0 Å². The summed E-state index contributed by atoms with van der Waals surface area (Å²) in [5, 5.41) is 12.1. The maximum atomic E-state index is 11.5. The molecule has 0 saturated carbocycles. The SMILES string of the molecule is C=CCOC(=O)Nc1c(C(=O)O)sc2ccncc12. The maximum absolute atomic E-state index is 11.5. The van der Waals surface area contributed by atoms with Gasteiger partial charge in [-0.3, -0.25) is 10.3 Å². The van der Waals surface area contributed by atoms with Crippen molar-refractivity contribution in [1.82, 2.24) is 4.98 Å². The van der Waals surface area contributed by atoms with Gasteiger partial charge in [0.2, 0.25) is 0 Å². The Balaban J connectivity index is 2.39. The van der Waals surface area contributed by atoms with Crippen LogP contribution in [0.3, 0.4) is 0 Å². The summed E-state index contributed by atoms with van der Waals surface area (Å²) in [4.78, 5) is 26.6. The zero-order valence-corrected chi connectivity index (χ0v) is 10.6. The summed E-state index contributed by atoms with van der Waals surface area (Å²) in [5.41, 5.74) is 0.203. The minimum absolute atomic E-state index is 0.0403. The first-order valence-corrected chi connectivity index (χ1v) is 6.09. The van der Waals surface area contributed by atoms with Crippen molar-refractivity contribution in [3.63, 3.8) is 0 Å². The van der Waals surface area contributed by atoms with E-state index in [0.29, 0.717) is 5.39 Å². The Labute approximate surface area is 112 Å². The summed E-state index contributed by atoms with van der Waals surface area (Å²) in [5.74, 6) is -1.11. The maximum Gasteiger partial charge on any atom is 0.412 e. The van der Waals surface area contributed by atoms with Crippen LogP contribution in [0.25, 0.3) is 10.1 Å². The highest BCUT2D eigenvalue weighted by Crippen LogP contribution is 2.35. The molecule has 19 heavy (non-hydrogen) atoms. The van der Waals surface area contributed by atoms with E-state index in [0.717, 1.165) is 16.0 Å². The van der Waals surface area contributed by atoms with Crippen molar-refractivity contribution in [3.8, 4) is 0 Å². The van der Waals surface area contributed by atoms with Gasteiger partial charge in [0.25, 0.3) is 0 Å². The molecule has 2 aromatic rings. The van der Waals surface area contributed by atoms with Crippen LogP contribution in [-0.2, 0) is 4.74 Å². The Morgan fingerprint density at radius 2 is 2.37 bits per heavy atom. The largest absolute Gasteiger partial charge is 0.477 e. The van der Waals surface area contributed by atoms with E-state index in [9.17, 15) is 9.59 Å². The van der Waals surface area contributed by atoms with E-state index in [4.69, 9.17) is 9.84 Å². The molecule has 2 heterocycles. The van der Waals surface area contributed by atoms with Crippen LogP contribution in [0.15, 0.2) is 31.1 Å². The molecule has 1 amide bonds. The first-order valence-electron chi connectivity index (χ1n) is 5.28. The molecule has 0 atom stereocenters. The number of nitrogens with one attached hydrogen (secondary N) is 1. The van der Waals surface area contributed by atoms with Gasteiger partial charge in [0.1, 0.15) is 11.5 Å². The second-order valence-corrected chi connectivity index (χ2v) is 4.55. The van der Waals surface area contributed by atoms with E-state index in [1.54, 1.807) is 12.3 Å². The minimum atomic E-state index is -1.11. The number of carbonyl (C=O) groups is 2. The van der Waals surface area contributed by atoms with Crippen LogP contribution < -0.4 is 5.32 Å². The van der Waals surface area contributed by atoms with Gasteiger partial charge in [-0.15, -0.1) is 11.3 Å². The van der Waals surface area contributed by atoms with Crippen molar-refractivity contribution >= 4 is 39.2 Å². The lowest BCUT2D eigenvalue weighted by atomic mass is 10.2. The molecule has 6 nitrogen and oxygen atoms in total. The van der Waals surface area contributed by atoms with E-state index in [1.807, 2.05) is 0 Å². The lowest BCUT2D eigenvalue weighted by molar-refractivity contribution is 0.0703. The Kier molecular flexibility index (Phi) is 3.76. The number of anilines is 1. The Morgan fingerprint density at radius 1 is 1.58 bits per heavy atom. The summed E-state index contributed by atoms with van der Waals surface area (Å²) >= 11 is 1.07. The Bertz CT molecular complexity index is 650. The fourth-order valence-electron chi connectivity index (χ4n) is 1.49. The van der Waals surface area contributed by atoms with Gasteiger partial charge in [-0.2, -0.15) is 0 Å². The summed E-state index contributed by atoms with van der Waals surface area (Å²) in [7, 11) is 0. The zero-order chi connectivity index (χ0) is 13.8. The Morgan fingerprint density at radius 3 is 3.05 bits per heavy atom. The van der Waals surface area contributed by atoms with Crippen LogP contribution in [0.2, 0.25) is 0 Å².